The third-order valence-corrected chi connectivity index (χ3v) is 0.867. The summed E-state index contributed by atoms with van der Waals surface area (Å²) in [6, 6.07) is 4.07. The highest BCUT2D eigenvalue weighted by Crippen LogP contribution is 2.15. The molecule has 0 bridgehead atoms. The highest BCUT2D eigenvalue weighted by atomic mass is 19.2. The molecule has 0 saturated heterocycles. The summed E-state index contributed by atoms with van der Waals surface area (Å²) in [6.07, 6.45) is 0. The van der Waals surface area contributed by atoms with Gasteiger partial charge in [0.05, 0.1) is 0 Å². The molecule has 1 radical (unpaired) electrons. The number of rotatable bonds is 0. The normalized spacial score (nSPS) is 9.56. The van der Waals surface area contributed by atoms with E-state index in [4.69, 9.17) is 5.11 Å². The molecule has 0 atom stereocenters. The molecular weight excluding hydrogens is 126 g/mol. The number of phenolic OH excluding ortho intramolecular Hbond substituents is 1. The number of aromatic hydroxyl groups is 1. The fraction of sp³-hybridized carbons (Fsp3) is 0. The van der Waals surface area contributed by atoms with Crippen molar-refractivity contribution in [2.75, 3.05) is 0 Å². The molecule has 3 heteroatoms. The molecule has 0 aliphatic rings. The van der Waals surface area contributed by atoms with Crippen LogP contribution in [-0.4, -0.2) is 5.11 Å². The maximum absolute atomic E-state index is 12.1. The van der Waals surface area contributed by atoms with Crippen LogP contribution in [0.5, 0.6) is 5.75 Å². The first-order valence-corrected chi connectivity index (χ1v) is 2.26. The molecule has 0 aromatic heterocycles. The topological polar surface area (TPSA) is 20.2 Å². The summed E-state index contributed by atoms with van der Waals surface area (Å²) in [5.41, 5.74) is 0. The van der Waals surface area contributed by atoms with Gasteiger partial charge in [-0.3, -0.25) is 0 Å². The van der Waals surface area contributed by atoms with Gasteiger partial charge in [0.25, 0.3) is 0 Å². The third-order valence-electron chi connectivity index (χ3n) is 0.867. The van der Waals surface area contributed by atoms with E-state index in [2.05, 4.69) is 6.07 Å². The number of phenols is 1. The highest BCUT2D eigenvalue weighted by Gasteiger charge is 2.03. The highest BCUT2D eigenvalue weighted by molar-refractivity contribution is 5.21. The fourth-order valence-electron chi connectivity index (χ4n) is 0.443. The molecule has 0 spiro atoms. The first kappa shape index (κ1) is 6.01. The molecule has 47 valence electrons. The summed E-state index contributed by atoms with van der Waals surface area (Å²) in [5.74, 6) is -3.10. The van der Waals surface area contributed by atoms with Crippen molar-refractivity contribution < 1.29 is 13.9 Å². The standard InChI is InChI=1S/C6H3F2O/c7-4-2-1-3-5(9)6(4)8/h1-2,9H. The maximum Gasteiger partial charge on any atom is 0.200 e. The van der Waals surface area contributed by atoms with Crippen LogP contribution < -0.4 is 0 Å². The Kier molecular flexibility index (Phi) is 1.34. The number of hydrogen-bond donors (Lipinski definition) is 1. The number of halogens is 2. The van der Waals surface area contributed by atoms with E-state index in [1.54, 1.807) is 0 Å². The molecule has 9 heavy (non-hydrogen) atoms. The zero-order valence-electron chi connectivity index (χ0n) is 4.36. The first-order chi connectivity index (χ1) is 4.22. The van der Waals surface area contributed by atoms with Gasteiger partial charge in [-0.05, 0) is 12.1 Å². The van der Waals surface area contributed by atoms with Crippen LogP contribution in [0, 0.1) is 17.7 Å². The summed E-state index contributed by atoms with van der Waals surface area (Å²) >= 11 is 0. The van der Waals surface area contributed by atoms with E-state index in [1.807, 2.05) is 0 Å². The molecule has 0 aliphatic carbocycles. The average molecular weight is 129 g/mol. The van der Waals surface area contributed by atoms with Crippen LogP contribution >= 0.6 is 0 Å². The smallest absolute Gasteiger partial charge is 0.200 e. The van der Waals surface area contributed by atoms with Crippen molar-refractivity contribution in [1.29, 1.82) is 0 Å². The van der Waals surface area contributed by atoms with Crippen molar-refractivity contribution in [2.45, 2.75) is 0 Å². The number of benzene rings is 1. The largest absolute Gasteiger partial charge is 0.504 e. The minimum atomic E-state index is -1.25. The van der Waals surface area contributed by atoms with E-state index < -0.39 is 17.4 Å². The average Bonchev–Trinajstić information content (AvgIpc) is 1.83. The van der Waals surface area contributed by atoms with Crippen molar-refractivity contribution >= 4 is 0 Å². The van der Waals surface area contributed by atoms with Gasteiger partial charge in [-0.2, -0.15) is 4.39 Å². The lowest BCUT2D eigenvalue weighted by Gasteiger charge is -1.91. The Balaban J connectivity index is 3.25. The second kappa shape index (κ2) is 2.01. The molecule has 0 aliphatic heterocycles. The summed E-state index contributed by atoms with van der Waals surface area (Å²) in [7, 11) is 0. The monoisotopic (exact) mass is 129 g/mol. The van der Waals surface area contributed by atoms with Crippen LogP contribution in [0.1, 0.15) is 0 Å². The van der Waals surface area contributed by atoms with E-state index in [-0.39, 0.29) is 0 Å². The van der Waals surface area contributed by atoms with Crippen LogP contribution in [0.2, 0.25) is 0 Å². The molecule has 0 heterocycles. The maximum atomic E-state index is 12.1. The Labute approximate surface area is 50.6 Å². The molecule has 1 nitrogen and oxygen atoms in total. The lowest BCUT2D eigenvalue weighted by Crippen LogP contribution is -1.81. The van der Waals surface area contributed by atoms with Gasteiger partial charge in [0.1, 0.15) is 0 Å². The van der Waals surface area contributed by atoms with Gasteiger partial charge in [0, 0.05) is 6.07 Å². The molecule has 1 aromatic rings. The summed E-state index contributed by atoms with van der Waals surface area (Å²) in [4.78, 5) is 0. The SMILES string of the molecule is Oc1[c]ccc(F)c1F. The Hall–Kier alpha value is -1.12. The summed E-state index contributed by atoms with van der Waals surface area (Å²) in [6.45, 7) is 0. The van der Waals surface area contributed by atoms with Crippen molar-refractivity contribution in [1.82, 2.24) is 0 Å². The van der Waals surface area contributed by atoms with Crippen molar-refractivity contribution in [2.24, 2.45) is 0 Å². The van der Waals surface area contributed by atoms with Crippen LogP contribution in [0.15, 0.2) is 12.1 Å². The predicted molar refractivity (Wildman–Crippen MR) is 26.9 cm³/mol. The lowest BCUT2D eigenvalue weighted by molar-refractivity contribution is 0.406. The van der Waals surface area contributed by atoms with E-state index in [9.17, 15) is 8.78 Å². The lowest BCUT2D eigenvalue weighted by atomic mass is 10.3. The molecule has 0 amide bonds. The summed E-state index contributed by atoms with van der Waals surface area (Å²) < 4.78 is 24.1. The van der Waals surface area contributed by atoms with Gasteiger partial charge < -0.3 is 5.11 Å². The molecule has 1 aromatic carbocycles. The Bertz CT molecular complexity index is 202. The van der Waals surface area contributed by atoms with Crippen LogP contribution in [0.4, 0.5) is 8.78 Å². The Morgan fingerprint density at radius 2 is 2.11 bits per heavy atom. The van der Waals surface area contributed by atoms with Gasteiger partial charge in [-0.15, -0.1) is 0 Å². The van der Waals surface area contributed by atoms with E-state index >= 15 is 0 Å². The van der Waals surface area contributed by atoms with E-state index in [0.29, 0.717) is 0 Å². The predicted octanol–water partition coefficient (Wildman–Crippen LogP) is 1.47. The molecule has 0 saturated carbocycles. The van der Waals surface area contributed by atoms with Gasteiger partial charge in [-0.25, -0.2) is 4.39 Å². The van der Waals surface area contributed by atoms with E-state index in [0.717, 1.165) is 12.1 Å². The van der Waals surface area contributed by atoms with Crippen molar-refractivity contribution in [3.63, 3.8) is 0 Å². The first-order valence-electron chi connectivity index (χ1n) is 2.26. The van der Waals surface area contributed by atoms with Crippen LogP contribution in [0.3, 0.4) is 0 Å². The minimum Gasteiger partial charge on any atom is -0.504 e. The van der Waals surface area contributed by atoms with E-state index in [1.165, 1.54) is 0 Å². The van der Waals surface area contributed by atoms with Crippen LogP contribution in [0.25, 0.3) is 0 Å². The Morgan fingerprint density at radius 3 is 2.56 bits per heavy atom. The van der Waals surface area contributed by atoms with Crippen molar-refractivity contribution in [3.8, 4) is 5.75 Å². The molecule has 0 unspecified atom stereocenters. The molecule has 0 fully saturated rings. The van der Waals surface area contributed by atoms with Crippen molar-refractivity contribution in [3.05, 3.63) is 29.8 Å². The molecule has 1 rings (SSSR count). The van der Waals surface area contributed by atoms with Gasteiger partial charge in [0.15, 0.2) is 11.6 Å². The zero-order chi connectivity index (χ0) is 6.85. The number of hydrogen-bond acceptors (Lipinski definition) is 1. The molecule has 1 N–H and O–H groups in total. The fourth-order valence-corrected chi connectivity index (χ4v) is 0.443. The summed E-state index contributed by atoms with van der Waals surface area (Å²) in [5, 5.41) is 8.43. The second-order valence-electron chi connectivity index (χ2n) is 1.49. The molecular formula is C6H3F2O. The minimum absolute atomic E-state index is 0.782. The van der Waals surface area contributed by atoms with Gasteiger partial charge in [-0.1, -0.05) is 0 Å². The zero-order valence-corrected chi connectivity index (χ0v) is 4.36. The third kappa shape index (κ3) is 0.988. The van der Waals surface area contributed by atoms with Gasteiger partial charge in [0.2, 0.25) is 5.82 Å². The van der Waals surface area contributed by atoms with Gasteiger partial charge >= 0.3 is 0 Å². The Morgan fingerprint density at radius 1 is 1.44 bits per heavy atom. The second-order valence-corrected chi connectivity index (χ2v) is 1.49. The van der Waals surface area contributed by atoms with Crippen LogP contribution in [-0.2, 0) is 0 Å². The quantitative estimate of drug-likeness (QED) is 0.562.